The van der Waals surface area contributed by atoms with Gasteiger partial charge in [0.05, 0.1) is 24.2 Å². The minimum Gasteiger partial charge on any atom is -1.00 e. The number of hydrogen-bond acceptors (Lipinski definition) is 17. The van der Waals surface area contributed by atoms with Gasteiger partial charge >= 0.3 is 109 Å². The topological polar surface area (TPSA) is 311 Å². The molecule has 0 aliphatic heterocycles. The summed E-state index contributed by atoms with van der Waals surface area (Å²) in [5, 5.41) is 38.8. The Morgan fingerprint density at radius 1 is 0.437 bits per heavy atom. The second kappa shape index (κ2) is 35.9. The SMILES string of the molecule is CC(OC(=O)NCC1(CC(=O)O)CCCCC1)OC(=O)C(C)C.CC(OC(=O)NCC1(CC(=O)[O-])CCCCC1)OC(=O)C(C)C.CC(OC(=O)NCC1(CC(=O)[O-])CCCCC1)OC(=O)C(C)C.[Ca+2].[H-].[Na+]. The number of carbonyl (C=O) groups is 9. The third kappa shape index (κ3) is 30.6. The molecule has 0 aromatic rings. The summed E-state index contributed by atoms with van der Waals surface area (Å²) in [6.45, 7) is 15.2. The molecule has 3 saturated carbocycles. The Labute approximate surface area is 472 Å². The van der Waals surface area contributed by atoms with Crippen LogP contribution in [-0.2, 0) is 57.2 Å². The van der Waals surface area contributed by atoms with Crippen LogP contribution in [0, 0.1) is 34.0 Å². The van der Waals surface area contributed by atoms with Gasteiger partial charge in [0.1, 0.15) is 0 Å². The maximum absolute atomic E-state index is 11.8. The molecular formula is C48H80CaN3NaO18. The Morgan fingerprint density at radius 2 is 0.662 bits per heavy atom. The van der Waals surface area contributed by atoms with Crippen molar-refractivity contribution in [2.75, 3.05) is 19.6 Å². The second-order valence-electron chi connectivity index (χ2n) is 19.6. The zero-order valence-electron chi connectivity index (χ0n) is 44.9. The van der Waals surface area contributed by atoms with Gasteiger partial charge in [0.25, 0.3) is 0 Å². The van der Waals surface area contributed by atoms with Crippen molar-refractivity contribution in [2.24, 2.45) is 34.0 Å². The Balaban J connectivity index is -0.000000972. The number of carbonyl (C=O) groups excluding carboxylic acids is 8. The fraction of sp³-hybridized carbons (Fsp3) is 0.812. The number of carboxylic acid groups (broad SMARTS) is 3. The maximum atomic E-state index is 11.8. The molecule has 3 fully saturated rings. The van der Waals surface area contributed by atoms with Gasteiger partial charge in [-0.3, -0.25) is 19.2 Å². The van der Waals surface area contributed by atoms with E-state index in [0.29, 0.717) is 0 Å². The van der Waals surface area contributed by atoms with Crippen molar-refractivity contribution in [2.45, 2.75) is 197 Å². The third-order valence-corrected chi connectivity index (χ3v) is 12.2. The van der Waals surface area contributed by atoms with Gasteiger partial charge in [-0.25, -0.2) is 14.4 Å². The molecule has 4 N–H and O–H groups in total. The van der Waals surface area contributed by atoms with E-state index in [1.165, 1.54) is 20.8 Å². The first-order valence-electron chi connectivity index (χ1n) is 24.3. The standard InChI is InChI=1S/3C16H27NO6.Ca.Na.H/c3*1-11(2)14(20)22-12(3)23-15(21)17-10-16(9-13(18)19)7-5-4-6-8-16;;;/h3*11-12H,4-10H2,1-3H3,(H,17,21)(H,18,19);;;/q;;;+2;+1;-1/p-2. The number of hydrogen-bond donors (Lipinski definition) is 4. The number of rotatable bonds is 21. The van der Waals surface area contributed by atoms with Crippen molar-refractivity contribution in [1.82, 2.24) is 16.0 Å². The summed E-state index contributed by atoms with van der Waals surface area (Å²) in [4.78, 5) is 103. The Kier molecular flexibility index (Phi) is 35.4. The summed E-state index contributed by atoms with van der Waals surface area (Å²) in [5.74, 6) is -5.35. The molecule has 0 aromatic heterocycles. The van der Waals surface area contributed by atoms with Gasteiger partial charge in [0, 0.05) is 52.3 Å². The molecule has 21 nitrogen and oxygen atoms in total. The molecule has 0 spiro atoms. The number of esters is 3. The van der Waals surface area contributed by atoms with Crippen LogP contribution < -0.4 is 55.7 Å². The number of ether oxygens (including phenoxy) is 6. The summed E-state index contributed by atoms with van der Waals surface area (Å²) in [6.07, 6.45) is 8.16. The van der Waals surface area contributed by atoms with Crippen LogP contribution in [-0.4, -0.2) is 135 Å². The van der Waals surface area contributed by atoms with Crippen LogP contribution in [0.15, 0.2) is 0 Å². The van der Waals surface area contributed by atoms with Crippen LogP contribution in [0.3, 0.4) is 0 Å². The Hall–Kier alpha value is -3.11. The van der Waals surface area contributed by atoms with Gasteiger partial charge in [0.15, 0.2) is 0 Å². The molecule has 0 saturated heterocycles. The summed E-state index contributed by atoms with van der Waals surface area (Å²) in [6, 6.07) is 0. The van der Waals surface area contributed by atoms with Crippen molar-refractivity contribution in [3.8, 4) is 0 Å². The smallest absolute Gasteiger partial charge is 1.00 e. The van der Waals surface area contributed by atoms with E-state index >= 15 is 0 Å². The van der Waals surface area contributed by atoms with Crippen molar-refractivity contribution < 1.29 is 118 Å². The molecule has 3 rings (SSSR count). The molecule has 23 heteroatoms. The first-order valence-corrected chi connectivity index (χ1v) is 24.3. The molecule has 0 heterocycles. The Bertz CT molecular complexity index is 1500. The summed E-state index contributed by atoms with van der Waals surface area (Å²) >= 11 is 0. The molecule has 3 aliphatic carbocycles. The first kappa shape index (κ1) is 70.0. The average Bonchev–Trinajstić information content (AvgIpc) is 3.25. The van der Waals surface area contributed by atoms with E-state index in [-0.39, 0.29) is 125 Å². The normalized spacial score (nSPS) is 17.6. The van der Waals surface area contributed by atoms with Crippen molar-refractivity contribution in [3.63, 3.8) is 0 Å². The molecule has 3 atom stereocenters. The summed E-state index contributed by atoms with van der Waals surface area (Å²) < 4.78 is 29.7. The van der Waals surface area contributed by atoms with Crippen molar-refractivity contribution in [1.29, 1.82) is 0 Å². The molecule has 0 bridgehead atoms. The number of amides is 3. The molecule has 3 unspecified atom stereocenters. The van der Waals surface area contributed by atoms with Crippen LogP contribution in [0.1, 0.15) is 179 Å². The van der Waals surface area contributed by atoms with Gasteiger partial charge in [-0.1, -0.05) is 99.3 Å². The molecule has 3 aliphatic rings. The van der Waals surface area contributed by atoms with Crippen LogP contribution >= 0.6 is 0 Å². The molecule has 0 aromatic carbocycles. The van der Waals surface area contributed by atoms with Crippen LogP contribution in [0.5, 0.6) is 0 Å². The van der Waals surface area contributed by atoms with Gasteiger partial charge in [0.2, 0.25) is 18.9 Å². The van der Waals surface area contributed by atoms with E-state index in [4.69, 9.17) is 33.5 Å². The number of aliphatic carboxylic acids is 3. The van der Waals surface area contributed by atoms with Gasteiger partial charge in [-0.15, -0.1) is 0 Å². The quantitative estimate of drug-likeness (QED) is 0.0554. The summed E-state index contributed by atoms with van der Waals surface area (Å²) in [7, 11) is 0. The van der Waals surface area contributed by atoms with E-state index in [2.05, 4.69) is 16.0 Å². The minimum absolute atomic E-state index is 0. The third-order valence-electron chi connectivity index (χ3n) is 12.2. The minimum atomic E-state index is -1.11. The van der Waals surface area contributed by atoms with Crippen molar-refractivity contribution >= 4 is 91.8 Å². The zero-order chi connectivity index (χ0) is 52.4. The second-order valence-corrected chi connectivity index (χ2v) is 19.6. The van der Waals surface area contributed by atoms with E-state index < -0.39 is 89.2 Å². The molecule has 398 valence electrons. The van der Waals surface area contributed by atoms with Crippen LogP contribution in [0.25, 0.3) is 0 Å². The molecular weight excluding hydrogens is 970 g/mol. The van der Waals surface area contributed by atoms with E-state index in [0.717, 1.165) is 96.3 Å². The average molecular weight is 1050 g/mol. The number of nitrogens with one attached hydrogen (secondary N) is 3. The zero-order valence-corrected chi connectivity index (χ0v) is 48.1. The van der Waals surface area contributed by atoms with Gasteiger partial charge in [-0.2, -0.15) is 0 Å². The predicted molar refractivity (Wildman–Crippen MR) is 250 cm³/mol. The monoisotopic (exact) mass is 1050 g/mol. The fourth-order valence-corrected chi connectivity index (χ4v) is 8.41. The van der Waals surface area contributed by atoms with Crippen LogP contribution in [0.2, 0.25) is 0 Å². The van der Waals surface area contributed by atoms with E-state index in [9.17, 15) is 53.4 Å². The van der Waals surface area contributed by atoms with Crippen molar-refractivity contribution in [3.05, 3.63) is 0 Å². The Morgan fingerprint density at radius 3 is 0.859 bits per heavy atom. The van der Waals surface area contributed by atoms with Gasteiger partial charge in [-0.05, 0) is 67.6 Å². The number of alkyl carbamates (subject to hydrolysis) is 3. The first-order chi connectivity index (χ1) is 32.2. The number of carboxylic acids is 3. The largest absolute Gasteiger partial charge is 2.00 e. The molecule has 3 amide bonds. The predicted octanol–water partition coefficient (Wildman–Crippen LogP) is 2.12. The van der Waals surface area contributed by atoms with Gasteiger partial charge < -0.3 is 70.7 Å². The molecule has 0 radical (unpaired) electrons. The van der Waals surface area contributed by atoms with E-state index in [1.54, 1.807) is 41.5 Å². The summed E-state index contributed by atoms with van der Waals surface area (Å²) in [5.41, 5.74) is -1.37. The van der Waals surface area contributed by atoms with Crippen LogP contribution in [0.4, 0.5) is 14.4 Å². The maximum Gasteiger partial charge on any atom is 2.00 e. The molecule has 71 heavy (non-hydrogen) atoms. The fourth-order valence-electron chi connectivity index (χ4n) is 8.41. The van der Waals surface area contributed by atoms with E-state index in [1.807, 2.05) is 0 Å².